The Morgan fingerprint density at radius 1 is 0.345 bits per heavy atom. The number of aromatic nitrogens is 1. The van der Waals surface area contributed by atoms with E-state index in [1.54, 1.807) is 0 Å². The second-order valence-electron chi connectivity index (χ2n) is 15.0. The van der Waals surface area contributed by atoms with E-state index in [0.717, 1.165) is 17.1 Å². The van der Waals surface area contributed by atoms with E-state index in [9.17, 15) is 0 Å². The summed E-state index contributed by atoms with van der Waals surface area (Å²) in [5.74, 6) is 0. The SMILES string of the molecule is Cc1ccc(-n2c3ccccc3c3cc(-c4ccc([Si](c5ccccc5)(c5ccccc5)c5ccc(N(c6ccccc6)c6ccccc6)cc5)cc4)ccc32)cc1. The smallest absolute Gasteiger partial charge is 0.179 e. The number of benzene rings is 9. The third-order valence-electron chi connectivity index (χ3n) is 11.6. The van der Waals surface area contributed by atoms with Crippen LogP contribution < -0.4 is 25.6 Å². The maximum absolute atomic E-state index is 2.78. The van der Waals surface area contributed by atoms with Gasteiger partial charge in [-0.15, -0.1) is 0 Å². The van der Waals surface area contributed by atoms with Crippen LogP contribution in [0.4, 0.5) is 17.1 Å². The van der Waals surface area contributed by atoms with Gasteiger partial charge in [-0.05, 0) is 106 Å². The van der Waals surface area contributed by atoms with Crippen molar-refractivity contribution in [3.8, 4) is 16.8 Å². The highest BCUT2D eigenvalue weighted by Crippen LogP contribution is 2.36. The molecule has 0 bridgehead atoms. The second kappa shape index (κ2) is 15.0. The predicted octanol–water partition coefficient (Wildman–Crippen LogP) is 11.6. The van der Waals surface area contributed by atoms with Gasteiger partial charge in [0.25, 0.3) is 0 Å². The summed E-state index contributed by atoms with van der Waals surface area (Å²) >= 11 is 0. The number of hydrogen-bond acceptors (Lipinski definition) is 1. The minimum absolute atomic E-state index is 1.12. The lowest BCUT2D eigenvalue weighted by Gasteiger charge is -2.35. The Balaban J connectivity index is 1.11. The molecular formula is C55H42N2Si. The van der Waals surface area contributed by atoms with Gasteiger partial charge in [0.2, 0.25) is 0 Å². The van der Waals surface area contributed by atoms with E-state index in [2.05, 4.69) is 253 Å². The van der Waals surface area contributed by atoms with Gasteiger partial charge in [0.05, 0.1) is 11.0 Å². The third-order valence-corrected chi connectivity index (χ3v) is 16.4. The van der Waals surface area contributed by atoms with Crippen molar-refractivity contribution < 1.29 is 0 Å². The summed E-state index contributed by atoms with van der Waals surface area (Å²) in [5, 5.41) is 7.92. The summed E-state index contributed by atoms with van der Waals surface area (Å²) in [6, 6.07) is 87.0. The van der Waals surface area contributed by atoms with Gasteiger partial charge in [-0.3, -0.25) is 0 Å². The molecule has 0 radical (unpaired) electrons. The van der Waals surface area contributed by atoms with Crippen LogP contribution in [-0.2, 0) is 0 Å². The van der Waals surface area contributed by atoms with Crippen molar-refractivity contribution in [1.29, 1.82) is 0 Å². The Bertz CT molecular complexity index is 2880. The van der Waals surface area contributed by atoms with Crippen LogP contribution in [0.5, 0.6) is 0 Å². The van der Waals surface area contributed by atoms with Gasteiger partial charge in [-0.1, -0.05) is 175 Å². The van der Waals surface area contributed by atoms with Crippen LogP contribution in [-0.4, -0.2) is 12.6 Å². The molecule has 1 heterocycles. The molecule has 0 fully saturated rings. The predicted molar refractivity (Wildman–Crippen MR) is 249 cm³/mol. The van der Waals surface area contributed by atoms with Gasteiger partial charge in [-0.2, -0.15) is 0 Å². The molecule has 2 nitrogen and oxygen atoms in total. The van der Waals surface area contributed by atoms with E-state index in [1.165, 1.54) is 64.9 Å². The first-order chi connectivity index (χ1) is 28.7. The highest BCUT2D eigenvalue weighted by molar-refractivity contribution is 7.19. The van der Waals surface area contributed by atoms with Crippen molar-refractivity contribution in [2.45, 2.75) is 6.92 Å². The molecule has 1 aromatic heterocycles. The monoisotopic (exact) mass is 758 g/mol. The summed E-state index contributed by atoms with van der Waals surface area (Å²) in [6.45, 7) is 2.14. The fourth-order valence-electron chi connectivity index (χ4n) is 8.88. The van der Waals surface area contributed by atoms with E-state index >= 15 is 0 Å². The Kier molecular flexibility index (Phi) is 9.13. The topological polar surface area (TPSA) is 8.17 Å². The number of aryl methyl sites for hydroxylation is 1. The van der Waals surface area contributed by atoms with E-state index in [0.29, 0.717) is 0 Å². The Hall–Kier alpha value is -7.20. The zero-order valence-corrected chi connectivity index (χ0v) is 33.4. The van der Waals surface area contributed by atoms with Gasteiger partial charge < -0.3 is 9.47 Å². The van der Waals surface area contributed by atoms with E-state index in [4.69, 9.17) is 0 Å². The lowest BCUT2D eigenvalue weighted by Crippen LogP contribution is -2.74. The normalized spacial score (nSPS) is 11.5. The van der Waals surface area contributed by atoms with Gasteiger partial charge in [0.15, 0.2) is 8.07 Å². The molecule has 0 spiro atoms. The van der Waals surface area contributed by atoms with Crippen molar-refractivity contribution >= 4 is 67.7 Å². The largest absolute Gasteiger partial charge is 0.311 e. The van der Waals surface area contributed by atoms with Crippen LogP contribution >= 0.6 is 0 Å². The first-order valence-corrected chi connectivity index (χ1v) is 22.0. The fourth-order valence-corrected chi connectivity index (χ4v) is 13.6. The van der Waals surface area contributed by atoms with Crippen LogP contribution in [0.15, 0.2) is 237 Å². The molecule has 3 heteroatoms. The minimum Gasteiger partial charge on any atom is -0.311 e. The first-order valence-electron chi connectivity index (χ1n) is 20.0. The molecule has 0 aliphatic heterocycles. The van der Waals surface area contributed by atoms with Gasteiger partial charge >= 0.3 is 0 Å². The average Bonchev–Trinajstić information content (AvgIpc) is 3.63. The third kappa shape index (κ3) is 6.14. The minimum atomic E-state index is -2.78. The Labute approximate surface area is 341 Å². The summed E-state index contributed by atoms with van der Waals surface area (Å²) in [6.07, 6.45) is 0. The maximum Gasteiger partial charge on any atom is 0.179 e. The van der Waals surface area contributed by atoms with Crippen molar-refractivity contribution in [3.05, 3.63) is 242 Å². The fraction of sp³-hybridized carbons (Fsp3) is 0.0182. The molecule has 0 aliphatic carbocycles. The van der Waals surface area contributed by atoms with E-state index in [1.807, 2.05) is 0 Å². The molecule has 0 saturated carbocycles. The molecule has 0 unspecified atom stereocenters. The van der Waals surface area contributed by atoms with Crippen LogP contribution in [0.1, 0.15) is 5.56 Å². The van der Waals surface area contributed by atoms with Crippen LogP contribution in [0, 0.1) is 6.92 Å². The zero-order valence-electron chi connectivity index (χ0n) is 32.4. The molecule has 0 saturated heterocycles. The average molecular weight is 759 g/mol. The molecule has 10 rings (SSSR count). The van der Waals surface area contributed by atoms with Crippen LogP contribution in [0.3, 0.4) is 0 Å². The molecule has 10 aromatic rings. The second-order valence-corrected chi connectivity index (χ2v) is 18.8. The maximum atomic E-state index is 2.40. The summed E-state index contributed by atoms with van der Waals surface area (Å²) in [5.41, 5.74) is 10.7. The zero-order chi connectivity index (χ0) is 38.9. The lowest BCUT2D eigenvalue weighted by molar-refractivity contribution is 1.17. The highest BCUT2D eigenvalue weighted by Gasteiger charge is 2.41. The highest BCUT2D eigenvalue weighted by atomic mass is 28.3. The van der Waals surface area contributed by atoms with E-state index < -0.39 is 8.07 Å². The van der Waals surface area contributed by atoms with E-state index in [-0.39, 0.29) is 0 Å². The van der Waals surface area contributed by atoms with Gasteiger partial charge in [0.1, 0.15) is 0 Å². The molecule has 276 valence electrons. The number of rotatable bonds is 9. The number of para-hydroxylation sites is 3. The number of hydrogen-bond donors (Lipinski definition) is 0. The summed E-state index contributed by atoms with van der Waals surface area (Å²) in [7, 11) is -2.78. The molecule has 0 N–H and O–H groups in total. The summed E-state index contributed by atoms with van der Waals surface area (Å²) < 4.78 is 2.39. The standard InChI is InChI=1S/C55H42N2Si/c1-41-26-31-47(32-27-41)57-54-25-15-14-24-52(54)53-40-43(30-39-55(53)57)42-28-35-50(36-29-42)58(48-20-10-4-11-21-48,49-22-12-5-13-23-49)51-37-33-46(34-38-51)56(44-16-6-2-7-17-44)45-18-8-3-9-19-45/h2-40H,1H3. The molecule has 0 amide bonds. The van der Waals surface area contributed by atoms with Crippen molar-refractivity contribution in [2.75, 3.05) is 4.90 Å². The van der Waals surface area contributed by atoms with Gasteiger partial charge in [0, 0.05) is 33.5 Å². The number of fused-ring (bicyclic) bond motifs is 3. The van der Waals surface area contributed by atoms with Crippen LogP contribution in [0.25, 0.3) is 38.6 Å². The number of nitrogens with zero attached hydrogens (tertiary/aromatic N) is 2. The van der Waals surface area contributed by atoms with Crippen LogP contribution in [0.2, 0.25) is 0 Å². The molecule has 0 atom stereocenters. The number of anilines is 3. The van der Waals surface area contributed by atoms with Crippen molar-refractivity contribution in [3.63, 3.8) is 0 Å². The quantitative estimate of drug-likeness (QED) is 0.105. The Morgan fingerprint density at radius 2 is 0.776 bits per heavy atom. The molecular weight excluding hydrogens is 717 g/mol. The van der Waals surface area contributed by atoms with Gasteiger partial charge in [-0.25, -0.2) is 0 Å². The first kappa shape index (κ1) is 35.2. The van der Waals surface area contributed by atoms with Crippen molar-refractivity contribution in [2.24, 2.45) is 0 Å². The van der Waals surface area contributed by atoms with Crippen molar-refractivity contribution in [1.82, 2.24) is 4.57 Å². The Morgan fingerprint density at radius 3 is 1.34 bits per heavy atom. The molecule has 58 heavy (non-hydrogen) atoms. The molecule has 0 aliphatic rings. The molecule has 9 aromatic carbocycles. The summed E-state index contributed by atoms with van der Waals surface area (Å²) in [4.78, 5) is 2.34. The lowest BCUT2D eigenvalue weighted by atomic mass is 10.0.